The first-order valence-electron chi connectivity index (χ1n) is 9.45. The maximum Gasteiger partial charge on any atom is 0.325 e. The molecule has 0 atom stereocenters. The van der Waals surface area contributed by atoms with Gasteiger partial charge in [0, 0.05) is 38.5 Å². The van der Waals surface area contributed by atoms with Gasteiger partial charge in [-0.1, -0.05) is 6.92 Å². The van der Waals surface area contributed by atoms with Gasteiger partial charge in [-0.25, -0.2) is 17.9 Å². The SMILES string of the molecule is CCCOc1ccc(NC(=O)N(C)C2=CC(C)=C(S(=O)(=O)NCCOC)C2)cc1. The minimum Gasteiger partial charge on any atom is -0.494 e. The number of carbonyl (C=O) groups is 1. The molecule has 2 rings (SSSR count). The Bertz CT molecular complexity index is 876. The molecule has 1 aliphatic carbocycles. The fraction of sp³-hybridized carbons (Fsp3) is 0.450. The van der Waals surface area contributed by atoms with E-state index >= 15 is 0 Å². The van der Waals surface area contributed by atoms with E-state index in [-0.39, 0.29) is 30.5 Å². The smallest absolute Gasteiger partial charge is 0.325 e. The summed E-state index contributed by atoms with van der Waals surface area (Å²) >= 11 is 0. The van der Waals surface area contributed by atoms with Crippen molar-refractivity contribution in [3.63, 3.8) is 0 Å². The number of rotatable bonds is 10. The monoisotopic (exact) mass is 423 g/mol. The van der Waals surface area contributed by atoms with Crippen molar-refractivity contribution in [2.75, 3.05) is 39.2 Å². The lowest BCUT2D eigenvalue weighted by Crippen LogP contribution is -2.32. The van der Waals surface area contributed by atoms with E-state index in [2.05, 4.69) is 10.0 Å². The molecule has 8 nitrogen and oxygen atoms in total. The first-order valence-corrected chi connectivity index (χ1v) is 10.9. The van der Waals surface area contributed by atoms with Crippen LogP contribution in [0, 0.1) is 0 Å². The highest BCUT2D eigenvalue weighted by atomic mass is 32.2. The maximum atomic E-state index is 12.6. The molecule has 1 aromatic rings. The van der Waals surface area contributed by atoms with Crippen LogP contribution >= 0.6 is 0 Å². The summed E-state index contributed by atoms with van der Waals surface area (Å²) in [6.45, 7) is 4.87. The van der Waals surface area contributed by atoms with E-state index in [0.29, 0.717) is 23.6 Å². The van der Waals surface area contributed by atoms with Gasteiger partial charge in [-0.05, 0) is 49.3 Å². The van der Waals surface area contributed by atoms with Gasteiger partial charge in [0.1, 0.15) is 5.75 Å². The van der Waals surface area contributed by atoms with Gasteiger partial charge in [0.05, 0.1) is 18.1 Å². The van der Waals surface area contributed by atoms with Gasteiger partial charge in [0.2, 0.25) is 10.0 Å². The number of hydrogen-bond acceptors (Lipinski definition) is 5. The fourth-order valence-electron chi connectivity index (χ4n) is 2.77. The molecule has 0 bridgehead atoms. The predicted octanol–water partition coefficient (Wildman–Crippen LogP) is 3.07. The van der Waals surface area contributed by atoms with Gasteiger partial charge in [-0.15, -0.1) is 0 Å². The van der Waals surface area contributed by atoms with Gasteiger partial charge in [-0.2, -0.15) is 0 Å². The number of sulfonamides is 1. The average molecular weight is 424 g/mol. The maximum absolute atomic E-state index is 12.6. The molecule has 1 aromatic carbocycles. The van der Waals surface area contributed by atoms with Crippen molar-refractivity contribution in [3.05, 3.63) is 46.5 Å². The van der Waals surface area contributed by atoms with Crippen LogP contribution in [0.15, 0.2) is 46.5 Å². The molecule has 0 fully saturated rings. The zero-order valence-corrected chi connectivity index (χ0v) is 18.1. The number of nitrogens with zero attached hydrogens (tertiary/aromatic N) is 1. The van der Waals surface area contributed by atoms with Crippen LogP contribution in [-0.4, -0.2) is 53.3 Å². The van der Waals surface area contributed by atoms with Crippen LogP contribution in [-0.2, 0) is 14.8 Å². The van der Waals surface area contributed by atoms with Gasteiger partial charge < -0.3 is 19.7 Å². The minimum atomic E-state index is -3.62. The van der Waals surface area contributed by atoms with E-state index in [0.717, 1.165) is 12.2 Å². The molecule has 0 radical (unpaired) electrons. The predicted molar refractivity (Wildman–Crippen MR) is 113 cm³/mol. The molecule has 1 aliphatic rings. The van der Waals surface area contributed by atoms with Crippen LogP contribution in [0.5, 0.6) is 5.75 Å². The molecule has 0 spiro atoms. The van der Waals surface area contributed by atoms with E-state index in [1.807, 2.05) is 6.92 Å². The van der Waals surface area contributed by atoms with Crippen molar-refractivity contribution in [1.82, 2.24) is 9.62 Å². The summed E-state index contributed by atoms with van der Waals surface area (Å²) in [5.41, 5.74) is 1.85. The lowest BCUT2D eigenvalue weighted by molar-refractivity contribution is 0.204. The van der Waals surface area contributed by atoms with Gasteiger partial charge in [0.25, 0.3) is 0 Å². The Morgan fingerprint density at radius 3 is 2.52 bits per heavy atom. The summed E-state index contributed by atoms with van der Waals surface area (Å²) in [4.78, 5) is 14.3. The van der Waals surface area contributed by atoms with E-state index in [1.54, 1.807) is 44.3 Å². The lowest BCUT2D eigenvalue weighted by atomic mass is 10.3. The third kappa shape index (κ3) is 6.31. The van der Waals surface area contributed by atoms with E-state index < -0.39 is 10.0 Å². The van der Waals surface area contributed by atoms with Gasteiger partial charge in [0.15, 0.2) is 0 Å². The summed E-state index contributed by atoms with van der Waals surface area (Å²) in [6, 6.07) is 6.76. The second kappa shape index (κ2) is 10.4. The summed E-state index contributed by atoms with van der Waals surface area (Å²) in [5.74, 6) is 0.743. The number of methoxy groups -OCH3 is 1. The van der Waals surface area contributed by atoms with Crippen LogP contribution in [0.3, 0.4) is 0 Å². The Morgan fingerprint density at radius 2 is 1.90 bits per heavy atom. The number of benzene rings is 1. The first-order chi connectivity index (χ1) is 13.8. The molecular weight excluding hydrogens is 394 g/mol. The second-order valence-electron chi connectivity index (χ2n) is 6.67. The van der Waals surface area contributed by atoms with Crippen LogP contribution in [0.2, 0.25) is 0 Å². The van der Waals surface area contributed by atoms with Gasteiger partial charge >= 0.3 is 6.03 Å². The standard InChI is InChI=1S/C20H29N3O5S/c1-5-11-28-18-8-6-16(7-9-18)22-20(24)23(3)17-13-15(2)19(14-17)29(25,26)21-10-12-27-4/h6-9,13,21H,5,10-12,14H2,1-4H3,(H,22,24). The summed E-state index contributed by atoms with van der Waals surface area (Å²) < 4.78 is 37.8. The minimum absolute atomic E-state index is 0.155. The van der Waals surface area contributed by atoms with Crippen molar-refractivity contribution in [3.8, 4) is 5.75 Å². The van der Waals surface area contributed by atoms with Crippen molar-refractivity contribution in [2.24, 2.45) is 0 Å². The number of amides is 2. The molecule has 0 saturated heterocycles. The third-order valence-corrected chi connectivity index (χ3v) is 6.10. The van der Waals surface area contributed by atoms with Crippen molar-refractivity contribution < 1.29 is 22.7 Å². The molecule has 2 amide bonds. The summed E-state index contributed by atoms with van der Waals surface area (Å²) in [7, 11) is -0.500. The fourth-order valence-corrected chi connectivity index (χ4v) is 4.11. The molecule has 0 heterocycles. The molecule has 0 aromatic heterocycles. The highest BCUT2D eigenvalue weighted by Crippen LogP contribution is 2.30. The largest absolute Gasteiger partial charge is 0.494 e. The van der Waals surface area contributed by atoms with Crippen LogP contribution in [0.4, 0.5) is 10.5 Å². The van der Waals surface area contributed by atoms with E-state index in [1.165, 1.54) is 12.0 Å². The molecule has 9 heteroatoms. The zero-order valence-electron chi connectivity index (χ0n) is 17.3. The highest BCUT2D eigenvalue weighted by molar-refractivity contribution is 7.93. The molecule has 0 unspecified atom stereocenters. The Morgan fingerprint density at radius 1 is 1.21 bits per heavy atom. The summed E-state index contributed by atoms with van der Waals surface area (Å²) in [5, 5.41) is 2.80. The number of hydrogen-bond donors (Lipinski definition) is 2. The number of urea groups is 1. The lowest BCUT2D eigenvalue weighted by Gasteiger charge is -2.20. The molecular formula is C20H29N3O5S. The quantitative estimate of drug-likeness (QED) is 0.564. The molecule has 160 valence electrons. The van der Waals surface area contributed by atoms with Crippen molar-refractivity contribution >= 4 is 21.7 Å². The van der Waals surface area contributed by atoms with E-state index in [9.17, 15) is 13.2 Å². The number of nitrogens with one attached hydrogen (secondary N) is 2. The Hall–Kier alpha value is -2.36. The molecule has 0 aliphatic heterocycles. The van der Waals surface area contributed by atoms with Crippen LogP contribution in [0.25, 0.3) is 0 Å². The van der Waals surface area contributed by atoms with Gasteiger partial charge in [-0.3, -0.25) is 0 Å². The Balaban J connectivity index is 1.96. The zero-order chi connectivity index (χ0) is 21.4. The Labute approximate surface area is 172 Å². The Kier molecular flexibility index (Phi) is 8.24. The van der Waals surface area contributed by atoms with E-state index in [4.69, 9.17) is 9.47 Å². The number of allylic oxidation sites excluding steroid dienone is 3. The second-order valence-corrected chi connectivity index (χ2v) is 8.46. The number of ether oxygens (including phenoxy) is 2. The highest BCUT2D eigenvalue weighted by Gasteiger charge is 2.28. The molecule has 2 N–H and O–H groups in total. The van der Waals surface area contributed by atoms with Crippen LogP contribution in [0.1, 0.15) is 26.7 Å². The topological polar surface area (TPSA) is 97.0 Å². The molecule has 0 saturated carbocycles. The van der Waals surface area contributed by atoms with Crippen molar-refractivity contribution in [2.45, 2.75) is 26.7 Å². The first kappa shape index (κ1) is 22.9. The van der Waals surface area contributed by atoms with Crippen LogP contribution < -0.4 is 14.8 Å². The normalized spacial score (nSPS) is 14.0. The van der Waals surface area contributed by atoms with Crippen molar-refractivity contribution in [1.29, 1.82) is 0 Å². The number of carbonyl (C=O) groups excluding carboxylic acids is 1. The average Bonchev–Trinajstić information content (AvgIpc) is 3.09. The number of anilines is 1. The summed E-state index contributed by atoms with van der Waals surface area (Å²) in [6.07, 6.45) is 2.79. The molecule has 29 heavy (non-hydrogen) atoms. The third-order valence-electron chi connectivity index (χ3n) is 4.40.